The standard InChI is InChI=1S/C19H18ClF3N2O5/c20-13-6-5-10(19(21,22)23)7-14(13)24-15(26)9-30-16(27)8-25-17(28)11-3-1-2-4-12(11)18(25)29/h5-7,11-12H,1-4,8-9H2,(H,24,26). The van der Waals surface area contributed by atoms with Crippen molar-refractivity contribution in [2.45, 2.75) is 31.9 Å². The maximum atomic E-state index is 12.8. The van der Waals surface area contributed by atoms with Crippen LogP contribution in [-0.2, 0) is 30.1 Å². The van der Waals surface area contributed by atoms with Crippen LogP contribution >= 0.6 is 11.6 Å². The first-order valence-corrected chi connectivity index (χ1v) is 9.63. The topological polar surface area (TPSA) is 92.8 Å². The lowest BCUT2D eigenvalue weighted by molar-refractivity contribution is -0.154. The lowest BCUT2D eigenvalue weighted by Crippen LogP contribution is -2.37. The van der Waals surface area contributed by atoms with Crippen LogP contribution < -0.4 is 5.32 Å². The van der Waals surface area contributed by atoms with Crippen molar-refractivity contribution in [3.63, 3.8) is 0 Å². The maximum Gasteiger partial charge on any atom is 0.416 e. The SMILES string of the molecule is O=C(COC(=O)CN1C(=O)C2CCCCC2C1=O)Nc1cc(C(F)(F)F)ccc1Cl. The van der Waals surface area contributed by atoms with Crippen molar-refractivity contribution in [2.75, 3.05) is 18.5 Å². The fourth-order valence-corrected chi connectivity index (χ4v) is 3.86. The monoisotopic (exact) mass is 446 g/mol. The molecule has 1 aliphatic heterocycles. The Bertz CT molecular complexity index is 865. The van der Waals surface area contributed by atoms with E-state index >= 15 is 0 Å². The summed E-state index contributed by atoms with van der Waals surface area (Å²) in [6.07, 6.45) is -1.74. The molecule has 3 rings (SSSR count). The van der Waals surface area contributed by atoms with E-state index in [-0.39, 0.29) is 10.7 Å². The van der Waals surface area contributed by atoms with Crippen molar-refractivity contribution in [3.8, 4) is 0 Å². The fourth-order valence-electron chi connectivity index (χ4n) is 3.69. The number of alkyl halides is 3. The Balaban J connectivity index is 1.53. The summed E-state index contributed by atoms with van der Waals surface area (Å²) in [6, 6.07) is 2.40. The molecule has 0 bridgehead atoms. The van der Waals surface area contributed by atoms with Crippen molar-refractivity contribution < 1.29 is 37.1 Å². The molecule has 11 heteroatoms. The van der Waals surface area contributed by atoms with E-state index in [2.05, 4.69) is 5.32 Å². The van der Waals surface area contributed by atoms with Gasteiger partial charge in [0.2, 0.25) is 11.8 Å². The van der Waals surface area contributed by atoms with Gasteiger partial charge in [0.1, 0.15) is 6.54 Å². The predicted octanol–water partition coefficient (Wildman–Crippen LogP) is 3.02. The van der Waals surface area contributed by atoms with Gasteiger partial charge in [-0.3, -0.25) is 24.1 Å². The smallest absolute Gasteiger partial charge is 0.416 e. The lowest BCUT2D eigenvalue weighted by atomic mass is 9.81. The van der Waals surface area contributed by atoms with E-state index in [1.165, 1.54) is 0 Å². The number of benzene rings is 1. The van der Waals surface area contributed by atoms with Crippen LogP contribution in [0.2, 0.25) is 5.02 Å². The summed E-state index contributed by atoms with van der Waals surface area (Å²) in [5, 5.41) is 2.01. The van der Waals surface area contributed by atoms with Crippen LogP contribution in [0.4, 0.5) is 18.9 Å². The fraction of sp³-hybridized carbons (Fsp3) is 0.474. The number of fused-ring (bicyclic) bond motifs is 1. The summed E-state index contributed by atoms with van der Waals surface area (Å²) in [6.45, 7) is -1.42. The Morgan fingerprint density at radius 2 is 1.73 bits per heavy atom. The zero-order valence-corrected chi connectivity index (χ0v) is 16.4. The van der Waals surface area contributed by atoms with Crippen molar-refractivity contribution >= 4 is 41.0 Å². The lowest BCUT2D eigenvalue weighted by Gasteiger charge is -2.19. The molecule has 7 nitrogen and oxygen atoms in total. The van der Waals surface area contributed by atoms with Gasteiger partial charge < -0.3 is 10.1 Å². The molecule has 2 unspecified atom stereocenters. The normalized spacial score (nSPS) is 21.4. The van der Waals surface area contributed by atoms with Gasteiger partial charge in [0.25, 0.3) is 5.91 Å². The highest BCUT2D eigenvalue weighted by Gasteiger charge is 2.48. The minimum absolute atomic E-state index is 0.126. The molecule has 1 saturated heterocycles. The van der Waals surface area contributed by atoms with E-state index in [4.69, 9.17) is 16.3 Å². The second-order valence-electron chi connectivity index (χ2n) is 7.16. The molecular weight excluding hydrogens is 429 g/mol. The number of nitrogens with zero attached hydrogens (tertiary/aromatic N) is 1. The third-order valence-electron chi connectivity index (χ3n) is 5.15. The predicted molar refractivity (Wildman–Crippen MR) is 98.2 cm³/mol. The number of carbonyl (C=O) groups excluding carboxylic acids is 4. The molecule has 1 aromatic carbocycles. The van der Waals surface area contributed by atoms with Gasteiger partial charge in [0.15, 0.2) is 6.61 Å². The van der Waals surface area contributed by atoms with Crippen LogP contribution in [-0.4, -0.2) is 41.7 Å². The molecule has 1 N–H and O–H groups in total. The van der Waals surface area contributed by atoms with Crippen LogP contribution in [0.5, 0.6) is 0 Å². The summed E-state index contributed by atoms with van der Waals surface area (Å²) in [5.41, 5.74) is -1.30. The van der Waals surface area contributed by atoms with Gasteiger partial charge >= 0.3 is 12.1 Å². The summed E-state index contributed by atoms with van der Waals surface area (Å²) in [7, 11) is 0. The number of hydrogen-bond donors (Lipinski definition) is 1. The highest BCUT2D eigenvalue weighted by molar-refractivity contribution is 6.33. The van der Waals surface area contributed by atoms with Gasteiger partial charge in [-0.1, -0.05) is 24.4 Å². The summed E-state index contributed by atoms with van der Waals surface area (Å²) in [5.74, 6) is -3.54. The average Bonchev–Trinajstić information content (AvgIpc) is 2.92. The number of nitrogens with one attached hydrogen (secondary N) is 1. The number of rotatable bonds is 5. The van der Waals surface area contributed by atoms with Gasteiger partial charge in [-0.2, -0.15) is 13.2 Å². The quantitative estimate of drug-likeness (QED) is 0.554. The zero-order chi connectivity index (χ0) is 22.1. The molecule has 1 aliphatic carbocycles. The van der Waals surface area contributed by atoms with Crippen LogP contribution in [0.1, 0.15) is 31.2 Å². The molecular formula is C19H18ClF3N2O5. The van der Waals surface area contributed by atoms with Crippen molar-refractivity contribution in [1.82, 2.24) is 4.90 Å². The number of anilines is 1. The molecule has 2 atom stereocenters. The van der Waals surface area contributed by atoms with E-state index in [9.17, 15) is 32.3 Å². The number of ether oxygens (including phenoxy) is 1. The van der Waals surface area contributed by atoms with Gasteiger partial charge in [-0.25, -0.2) is 0 Å². The van der Waals surface area contributed by atoms with Gasteiger partial charge in [0, 0.05) is 0 Å². The second-order valence-corrected chi connectivity index (χ2v) is 7.57. The third-order valence-corrected chi connectivity index (χ3v) is 5.48. The Labute approximate surface area is 174 Å². The number of hydrogen-bond acceptors (Lipinski definition) is 5. The van der Waals surface area contributed by atoms with Gasteiger partial charge in [-0.05, 0) is 31.0 Å². The molecule has 162 valence electrons. The molecule has 30 heavy (non-hydrogen) atoms. The first-order chi connectivity index (χ1) is 14.1. The van der Waals surface area contributed by atoms with E-state index in [1.54, 1.807) is 0 Å². The molecule has 1 heterocycles. The number of halogens is 4. The zero-order valence-electron chi connectivity index (χ0n) is 15.6. The van der Waals surface area contributed by atoms with Crippen molar-refractivity contribution in [3.05, 3.63) is 28.8 Å². The Kier molecular flexibility index (Phi) is 6.35. The van der Waals surface area contributed by atoms with E-state index in [1.807, 2.05) is 0 Å². The van der Waals surface area contributed by atoms with E-state index < -0.39 is 60.4 Å². The number of carbonyl (C=O) groups is 4. The summed E-state index contributed by atoms with van der Waals surface area (Å²) < 4.78 is 43.1. The molecule has 1 saturated carbocycles. The maximum absolute atomic E-state index is 12.8. The van der Waals surface area contributed by atoms with Crippen LogP contribution in [0.25, 0.3) is 0 Å². The molecule has 3 amide bonds. The van der Waals surface area contributed by atoms with E-state index in [0.29, 0.717) is 18.9 Å². The summed E-state index contributed by atoms with van der Waals surface area (Å²) in [4.78, 5) is 49.4. The minimum atomic E-state index is -4.62. The third kappa shape index (κ3) is 4.75. The van der Waals surface area contributed by atoms with Crippen molar-refractivity contribution in [2.24, 2.45) is 11.8 Å². The number of amides is 3. The Morgan fingerprint density at radius 3 is 2.30 bits per heavy atom. The Hall–Kier alpha value is -2.62. The van der Waals surface area contributed by atoms with Gasteiger partial charge in [0.05, 0.1) is 28.1 Å². The van der Waals surface area contributed by atoms with Crippen LogP contribution in [0.3, 0.4) is 0 Å². The first kappa shape index (κ1) is 22.1. The van der Waals surface area contributed by atoms with Crippen LogP contribution in [0, 0.1) is 11.8 Å². The number of likely N-dealkylation sites (tertiary alicyclic amines) is 1. The molecule has 0 spiro atoms. The second kappa shape index (κ2) is 8.63. The molecule has 0 aromatic heterocycles. The highest BCUT2D eigenvalue weighted by atomic mass is 35.5. The molecule has 2 aliphatic rings. The first-order valence-electron chi connectivity index (χ1n) is 9.25. The van der Waals surface area contributed by atoms with E-state index in [0.717, 1.165) is 29.9 Å². The summed E-state index contributed by atoms with van der Waals surface area (Å²) >= 11 is 5.79. The molecule has 0 radical (unpaired) electrons. The molecule has 1 aromatic rings. The minimum Gasteiger partial charge on any atom is -0.454 e. The van der Waals surface area contributed by atoms with Crippen molar-refractivity contribution in [1.29, 1.82) is 0 Å². The van der Waals surface area contributed by atoms with Gasteiger partial charge in [-0.15, -0.1) is 0 Å². The Morgan fingerprint density at radius 1 is 1.13 bits per heavy atom. The largest absolute Gasteiger partial charge is 0.454 e. The molecule has 2 fully saturated rings. The number of esters is 1. The number of imide groups is 1. The average molecular weight is 447 g/mol. The highest BCUT2D eigenvalue weighted by Crippen LogP contribution is 2.38. The van der Waals surface area contributed by atoms with Crippen LogP contribution in [0.15, 0.2) is 18.2 Å².